The Hall–Kier alpha value is -1.16. The van der Waals surface area contributed by atoms with Crippen LogP contribution in [0.15, 0.2) is 6.07 Å². The second kappa shape index (κ2) is 5.66. The highest BCUT2D eigenvalue weighted by Crippen LogP contribution is 2.06. The Bertz CT molecular complexity index is 294. The smallest absolute Gasteiger partial charge is 0.156 e. The van der Waals surface area contributed by atoms with Crippen LogP contribution in [0.4, 0.5) is 5.82 Å². The second-order valence-electron chi connectivity index (χ2n) is 3.76. The third kappa shape index (κ3) is 4.25. The fourth-order valence-electron chi connectivity index (χ4n) is 1.43. The monoisotopic (exact) mass is 209 g/mol. The van der Waals surface area contributed by atoms with Crippen LogP contribution >= 0.6 is 0 Å². The molecule has 0 aromatic carbocycles. The van der Waals surface area contributed by atoms with Crippen molar-refractivity contribution in [2.75, 3.05) is 5.73 Å². The molecule has 0 aliphatic rings. The van der Waals surface area contributed by atoms with E-state index in [1.165, 1.54) is 0 Å². The Morgan fingerprint density at radius 2 is 2.20 bits per heavy atom. The largest absolute Gasteiger partial charge is 0.384 e. The van der Waals surface area contributed by atoms with Crippen LogP contribution < -0.4 is 5.73 Å². The number of anilines is 1. The lowest BCUT2D eigenvalue weighted by Gasteiger charge is -2.11. The second-order valence-corrected chi connectivity index (χ2v) is 3.76. The summed E-state index contributed by atoms with van der Waals surface area (Å²) in [6.45, 7) is 6.54. The van der Waals surface area contributed by atoms with Gasteiger partial charge in [-0.25, -0.2) is 9.97 Å². The minimum absolute atomic E-state index is 0.250. The van der Waals surface area contributed by atoms with Crippen LogP contribution in [0.2, 0.25) is 0 Å². The van der Waals surface area contributed by atoms with E-state index >= 15 is 0 Å². The molecule has 84 valence electrons. The molecule has 4 nitrogen and oxygen atoms in total. The predicted molar refractivity (Wildman–Crippen MR) is 60.3 cm³/mol. The number of aromatic nitrogens is 2. The van der Waals surface area contributed by atoms with Crippen LogP contribution in [0, 0.1) is 6.92 Å². The molecule has 4 heteroatoms. The minimum atomic E-state index is 0.250. The van der Waals surface area contributed by atoms with Gasteiger partial charge in [0.2, 0.25) is 0 Å². The standard InChI is InChI=1S/C11H19N3O/c1-4-5-9(3)15-7-11-13-8(2)6-10(12)14-11/h6,9H,4-5,7H2,1-3H3,(H2,12,13,14). The molecule has 1 heterocycles. The summed E-state index contributed by atoms with van der Waals surface area (Å²) in [7, 11) is 0. The van der Waals surface area contributed by atoms with Gasteiger partial charge in [0.1, 0.15) is 12.4 Å². The van der Waals surface area contributed by atoms with Crippen molar-refractivity contribution >= 4 is 5.82 Å². The van der Waals surface area contributed by atoms with Gasteiger partial charge in [-0.1, -0.05) is 13.3 Å². The number of rotatable bonds is 5. The molecule has 0 radical (unpaired) electrons. The normalized spacial score (nSPS) is 12.7. The van der Waals surface area contributed by atoms with Crippen LogP contribution in [0.1, 0.15) is 38.2 Å². The van der Waals surface area contributed by atoms with Crippen LogP contribution in [0.3, 0.4) is 0 Å². The Kier molecular flexibility index (Phi) is 4.49. The molecule has 1 unspecified atom stereocenters. The Balaban J connectivity index is 2.50. The van der Waals surface area contributed by atoms with E-state index in [1.807, 2.05) is 6.92 Å². The summed E-state index contributed by atoms with van der Waals surface area (Å²) >= 11 is 0. The van der Waals surface area contributed by atoms with E-state index in [4.69, 9.17) is 10.5 Å². The maximum atomic E-state index is 5.62. The maximum absolute atomic E-state index is 5.62. The summed E-state index contributed by atoms with van der Waals surface area (Å²) < 4.78 is 5.60. The molecule has 1 aromatic rings. The molecule has 2 N–H and O–H groups in total. The highest BCUT2D eigenvalue weighted by molar-refractivity contribution is 5.28. The fourth-order valence-corrected chi connectivity index (χ4v) is 1.43. The summed E-state index contributed by atoms with van der Waals surface area (Å²) in [5.74, 6) is 1.17. The molecule has 15 heavy (non-hydrogen) atoms. The number of hydrogen-bond donors (Lipinski definition) is 1. The number of nitrogens with two attached hydrogens (primary N) is 1. The first kappa shape index (κ1) is 11.9. The molecule has 0 bridgehead atoms. The first-order valence-electron chi connectivity index (χ1n) is 5.33. The topological polar surface area (TPSA) is 61.0 Å². The van der Waals surface area contributed by atoms with E-state index in [2.05, 4.69) is 23.8 Å². The fraction of sp³-hybridized carbons (Fsp3) is 0.636. The molecule has 0 fully saturated rings. The Labute approximate surface area is 90.9 Å². The molecular formula is C11H19N3O. The van der Waals surface area contributed by atoms with Gasteiger partial charge in [0.25, 0.3) is 0 Å². The lowest BCUT2D eigenvalue weighted by molar-refractivity contribution is 0.0431. The first-order valence-corrected chi connectivity index (χ1v) is 5.33. The molecular weight excluding hydrogens is 190 g/mol. The van der Waals surface area contributed by atoms with Gasteiger partial charge < -0.3 is 10.5 Å². The van der Waals surface area contributed by atoms with Crippen molar-refractivity contribution in [3.63, 3.8) is 0 Å². The number of hydrogen-bond acceptors (Lipinski definition) is 4. The summed E-state index contributed by atoms with van der Waals surface area (Å²) in [6.07, 6.45) is 2.43. The van der Waals surface area contributed by atoms with Crippen molar-refractivity contribution in [3.8, 4) is 0 Å². The molecule has 0 aliphatic carbocycles. The van der Waals surface area contributed by atoms with Crippen molar-refractivity contribution < 1.29 is 4.74 Å². The van der Waals surface area contributed by atoms with Crippen molar-refractivity contribution in [2.24, 2.45) is 0 Å². The summed E-state index contributed by atoms with van der Waals surface area (Å²) in [6, 6.07) is 1.75. The average Bonchev–Trinajstić information content (AvgIpc) is 2.14. The molecule has 0 saturated heterocycles. The summed E-state index contributed by atoms with van der Waals surface area (Å²) in [5.41, 5.74) is 6.50. The van der Waals surface area contributed by atoms with E-state index in [9.17, 15) is 0 Å². The van der Waals surface area contributed by atoms with Crippen LogP contribution in [-0.4, -0.2) is 16.1 Å². The van der Waals surface area contributed by atoms with Crippen molar-refractivity contribution in [1.29, 1.82) is 0 Å². The molecule has 1 rings (SSSR count). The van der Waals surface area contributed by atoms with Gasteiger partial charge in [-0.15, -0.1) is 0 Å². The third-order valence-corrected chi connectivity index (χ3v) is 2.11. The van der Waals surface area contributed by atoms with E-state index in [0.717, 1.165) is 18.5 Å². The van der Waals surface area contributed by atoms with Gasteiger partial charge in [-0.05, 0) is 20.3 Å². The molecule has 0 spiro atoms. The van der Waals surface area contributed by atoms with E-state index in [0.29, 0.717) is 18.2 Å². The lowest BCUT2D eigenvalue weighted by Crippen LogP contribution is -2.10. The van der Waals surface area contributed by atoms with Crippen molar-refractivity contribution in [1.82, 2.24) is 9.97 Å². The SMILES string of the molecule is CCCC(C)OCc1nc(C)cc(N)n1. The van der Waals surface area contributed by atoms with E-state index in [1.54, 1.807) is 6.07 Å². The van der Waals surface area contributed by atoms with Gasteiger partial charge in [0, 0.05) is 11.8 Å². The minimum Gasteiger partial charge on any atom is -0.384 e. The Morgan fingerprint density at radius 3 is 2.80 bits per heavy atom. The predicted octanol–water partition coefficient (Wildman–Crippen LogP) is 2.07. The number of aryl methyl sites for hydroxylation is 1. The summed E-state index contributed by atoms with van der Waals surface area (Å²) in [5, 5.41) is 0. The zero-order valence-corrected chi connectivity index (χ0v) is 9.66. The van der Waals surface area contributed by atoms with Crippen molar-refractivity contribution in [2.45, 2.75) is 46.3 Å². The highest BCUT2D eigenvalue weighted by atomic mass is 16.5. The zero-order valence-electron chi connectivity index (χ0n) is 9.66. The molecule has 1 atom stereocenters. The van der Waals surface area contributed by atoms with Crippen LogP contribution in [-0.2, 0) is 11.3 Å². The van der Waals surface area contributed by atoms with Gasteiger partial charge in [0.05, 0.1) is 6.10 Å². The van der Waals surface area contributed by atoms with Crippen LogP contribution in [0.25, 0.3) is 0 Å². The highest BCUT2D eigenvalue weighted by Gasteiger charge is 2.04. The van der Waals surface area contributed by atoms with Gasteiger partial charge in [-0.3, -0.25) is 0 Å². The van der Waals surface area contributed by atoms with E-state index in [-0.39, 0.29) is 6.10 Å². The molecule has 1 aromatic heterocycles. The summed E-state index contributed by atoms with van der Waals surface area (Å²) in [4.78, 5) is 8.36. The number of ether oxygens (including phenoxy) is 1. The van der Waals surface area contributed by atoms with Gasteiger partial charge in [0.15, 0.2) is 5.82 Å². The molecule has 0 saturated carbocycles. The average molecular weight is 209 g/mol. The molecule has 0 aliphatic heterocycles. The maximum Gasteiger partial charge on any atom is 0.156 e. The number of nitrogen functional groups attached to an aromatic ring is 1. The van der Waals surface area contributed by atoms with Gasteiger partial charge in [-0.2, -0.15) is 0 Å². The van der Waals surface area contributed by atoms with Crippen LogP contribution in [0.5, 0.6) is 0 Å². The van der Waals surface area contributed by atoms with Crippen molar-refractivity contribution in [3.05, 3.63) is 17.6 Å². The van der Waals surface area contributed by atoms with E-state index < -0.39 is 0 Å². The number of nitrogens with zero attached hydrogens (tertiary/aromatic N) is 2. The first-order chi connectivity index (χ1) is 7.11. The quantitative estimate of drug-likeness (QED) is 0.806. The molecule has 0 amide bonds. The lowest BCUT2D eigenvalue weighted by atomic mass is 10.2. The Morgan fingerprint density at radius 1 is 1.47 bits per heavy atom. The van der Waals surface area contributed by atoms with Gasteiger partial charge >= 0.3 is 0 Å². The third-order valence-electron chi connectivity index (χ3n) is 2.11. The zero-order chi connectivity index (χ0) is 11.3.